The number of rotatable bonds is 3. The zero-order chi connectivity index (χ0) is 30.2. The maximum absolute atomic E-state index is 6.53. The van der Waals surface area contributed by atoms with Crippen molar-refractivity contribution in [3.63, 3.8) is 0 Å². The van der Waals surface area contributed by atoms with Crippen LogP contribution in [0.5, 0.6) is 0 Å². The maximum Gasteiger partial charge on any atom is 0.138 e. The van der Waals surface area contributed by atoms with Gasteiger partial charge in [-0.05, 0) is 84.4 Å². The number of fused-ring (bicyclic) bond motifs is 5. The van der Waals surface area contributed by atoms with Crippen LogP contribution in [0.4, 0.5) is 0 Å². The van der Waals surface area contributed by atoms with Crippen LogP contribution in [0, 0.1) is 39.8 Å². The third-order valence-corrected chi connectivity index (χ3v) is 9.03. The summed E-state index contributed by atoms with van der Waals surface area (Å²) in [6, 6.07) is 39.5. The molecule has 0 bridgehead atoms. The molecule has 8 aromatic rings. The van der Waals surface area contributed by atoms with E-state index in [0.29, 0.717) is 0 Å². The molecule has 4 aromatic carbocycles. The summed E-state index contributed by atoms with van der Waals surface area (Å²) in [5, 5.41) is 3.49. The SMILES string of the molecule is Cc1cc2ccc3c4cc[c-]c(-c5cc(-c6c(C)cccc6C)c(C)cn5)c4oc3c2s1.[Ir].[c-]1ccccc1-c1ccccn1. The molecule has 0 unspecified atom stereocenters. The topological polar surface area (TPSA) is 38.9 Å². The summed E-state index contributed by atoms with van der Waals surface area (Å²) in [7, 11) is 0. The van der Waals surface area contributed by atoms with Crippen LogP contribution in [-0.2, 0) is 20.1 Å². The van der Waals surface area contributed by atoms with Crippen molar-refractivity contribution in [2.24, 2.45) is 0 Å². The smallest absolute Gasteiger partial charge is 0.138 e. The number of pyridine rings is 2. The predicted octanol–water partition coefficient (Wildman–Crippen LogP) is 11.1. The minimum atomic E-state index is 0. The first kappa shape index (κ1) is 30.6. The number of thiophene rings is 1. The molecule has 0 spiro atoms. The summed E-state index contributed by atoms with van der Waals surface area (Å²) >= 11 is 1.78. The molecular weight excluding hydrogens is 749 g/mol. The molecule has 5 heteroatoms. The van der Waals surface area contributed by atoms with Gasteiger partial charge in [-0.25, -0.2) is 0 Å². The second-order valence-electron chi connectivity index (χ2n) is 11.1. The number of hydrogen-bond donors (Lipinski definition) is 0. The van der Waals surface area contributed by atoms with Gasteiger partial charge in [0.25, 0.3) is 0 Å². The second-order valence-corrected chi connectivity index (χ2v) is 12.3. The molecule has 223 valence electrons. The minimum Gasteiger partial charge on any atom is -0.499 e. The molecule has 0 fully saturated rings. The van der Waals surface area contributed by atoms with Gasteiger partial charge in [-0.1, -0.05) is 59.5 Å². The molecule has 3 nitrogen and oxygen atoms in total. The van der Waals surface area contributed by atoms with E-state index in [4.69, 9.17) is 9.40 Å². The molecule has 0 aliphatic rings. The van der Waals surface area contributed by atoms with Crippen LogP contribution in [0.3, 0.4) is 0 Å². The van der Waals surface area contributed by atoms with Gasteiger partial charge in [-0.3, -0.25) is 0 Å². The van der Waals surface area contributed by atoms with E-state index in [-0.39, 0.29) is 20.1 Å². The molecule has 45 heavy (non-hydrogen) atoms. The molecule has 0 aliphatic carbocycles. The van der Waals surface area contributed by atoms with E-state index < -0.39 is 0 Å². The van der Waals surface area contributed by atoms with Crippen molar-refractivity contribution in [1.29, 1.82) is 0 Å². The number of nitrogens with zero attached hydrogens (tertiary/aromatic N) is 2. The van der Waals surface area contributed by atoms with Crippen molar-refractivity contribution < 1.29 is 24.5 Å². The van der Waals surface area contributed by atoms with E-state index in [9.17, 15) is 0 Å². The monoisotopic (exact) mass is 779 g/mol. The zero-order valence-corrected chi connectivity index (χ0v) is 28.6. The van der Waals surface area contributed by atoms with Crippen molar-refractivity contribution in [2.45, 2.75) is 27.7 Å². The Labute approximate surface area is 281 Å². The van der Waals surface area contributed by atoms with Crippen LogP contribution in [0.2, 0.25) is 0 Å². The molecule has 0 saturated carbocycles. The van der Waals surface area contributed by atoms with Crippen molar-refractivity contribution in [1.82, 2.24) is 9.97 Å². The quantitative estimate of drug-likeness (QED) is 0.168. The molecule has 1 radical (unpaired) electrons. The van der Waals surface area contributed by atoms with E-state index in [1.165, 1.54) is 42.8 Å². The first-order valence-electron chi connectivity index (χ1n) is 14.7. The van der Waals surface area contributed by atoms with Gasteiger partial charge in [0.15, 0.2) is 0 Å². The fourth-order valence-corrected chi connectivity index (χ4v) is 6.86. The summed E-state index contributed by atoms with van der Waals surface area (Å²) in [5.74, 6) is 0. The van der Waals surface area contributed by atoms with Gasteiger partial charge in [0.2, 0.25) is 0 Å². The van der Waals surface area contributed by atoms with Crippen molar-refractivity contribution in [3.05, 3.63) is 143 Å². The van der Waals surface area contributed by atoms with Crippen LogP contribution in [0.15, 0.2) is 114 Å². The summed E-state index contributed by atoms with van der Waals surface area (Å²) in [4.78, 5) is 10.3. The van der Waals surface area contributed by atoms with E-state index in [1.54, 1.807) is 17.5 Å². The van der Waals surface area contributed by atoms with Gasteiger partial charge >= 0.3 is 0 Å². The number of benzene rings is 4. The molecule has 4 heterocycles. The Kier molecular flexibility index (Phi) is 8.78. The molecule has 8 rings (SSSR count). The fourth-order valence-electron chi connectivity index (χ4n) is 5.86. The Morgan fingerprint density at radius 3 is 2.22 bits per heavy atom. The van der Waals surface area contributed by atoms with E-state index in [0.717, 1.165) is 44.5 Å². The van der Waals surface area contributed by atoms with Crippen LogP contribution in [0.25, 0.3) is 65.7 Å². The Bertz CT molecular complexity index is 2210. The molecular formula is C40H30IrN2OS-2. The normalized spacial score (nSPS) is 10.9. The van der Waals surface area contributed by atoms with Gasteiger partial charge in [-0.15, -0.1) is 65.4 Å². The van der Waals surface area contributed by atoms with E-state index >= 15 is 0 Å². The average Bonchev–Trinajstić information content (AvgIpc) is 3.63. The molecule has 0 atom stereocenters. The molecule has 0 saturated heterocycles. The minimum absolute atomic E-state index is 0. The summed E-state index contributed by atoms with van der Waals surface area (Å²) in [5.41, 5.74) is 11.8. The Balaban J connectivity index is 0.000000231. The number of furan rings is 1. The van der Waals surface area contributed by atoms with Crippen LogP contribution < -0.4 is 0 Å². The third-order valence-electron chi connectivity index (χ3n) is 7.97. The molecule has 0 amide bonds. The molecule has 0 aliphatic heterocycles. The standard InChI is InChI=1S/C29H22NOS.C11H8N.Ir/c1-16-7-5-8-17(2)26(16)24-14-25(30-15-18(24)3)23-10-6-9-21-22-12-11-20-13-19(4)32-29(20)28(22)31-27(21)23;1-2-6-10(7-3-1)11-8-4-5-9-12-11;/h5-9,11-15H,1-4H3;1-6,8-9H;/q2*-1;. The first-order valence-corrected chi connectivity index (χ1v) is 15.5. The third kappa shape index (κ3) is 5.87. The van der Waals surface area contributed by atoms with E-state index in [1.807, 2.05) is 54.7 Å². The van der Waals surface area contributed by atoms with Crippen molar-refractivity contribution in [3.8, 4) is 33.6 Å². The fraction of sp³-hybridized carbons (Fsp3) is 0.100. The summed E-state index contributed by atoms with van der Waals surface area (Å²) in [6.45, 7) is 8.60. The molecule has 0 N–H and O–H groups in total. The number of aromatic nitrogens is 2. The maximum atomic E-state index is 6.53. The van der Waals surface area contributed by atoms with Crippen molar-refractivity contribution in [2.75, 3.05) is 0 Å². The second kappa shape index (κ2) is 12.9. The van der Waals surface area contributed by atoms with Crippen LogP contribution >= 0.6 is 11.3 Å². The average molecular weight is 779 g/mol. The number of hydrogen-bond acceptors (Lipinski definition) is 4. The zero-order valence-electron chi connectivity index (χ0n) is 25.4. The van der Waals surface area contributed by atoms with Gasteiger partial charge in [0.05, 0.1) is 10.3 Å². The number of aryl methyl sites for hydroxylation is 4. The van der Waals surface area contributed by atoms with Crippen molar-refractivity contribution >= 4 is 43.4 Å². The van der Waals surface area contributed by atoms with Crippen LogP contribution in [-0.4, -0.2) is 9.97 Å². The largest absolute Gasteiger partial charge is 0.499 e. The molecule has 4 aromatic heterocycles. The Morgan fingerprint density at radius 2 is 1.47 bits per heavy atom. The van der Waals surface area contributed by atoms with Crippen LogP contribution in [0.1, 0.15) is 21.6 Å². The Morgan fingerprint density at radius 1 is 0.667 bits per heavy atom. The first-order chi connectivity index (χ1) is 21.5. The van der Waals surface area contributed by atoms with Gasteiger partial charge in [-0.2, -0.15) is 0 Å². The van der Waals surface area contributed by atoms with Gasteiger partial charge in [0.1, 0.15) is 5.58 Å². The Hall–Kier alpha value is -4.41. The summed E-state index contributed by atoms with van der Waals surface area (Å²) < 4.78 is 7.73. The van der Waals surface area contributed by atoms with Gasteiger partial charge < -0.3 is 14.4 Å². The summed E-state index contributed by atoms with van der Waals surface area (Å²) in [6.07, 6.45) is 3.75. The van der Waals surface area contributed by atoms with E-state index in [2.05, 4.69) is 93.3 Å². The van der Waals surface area contributed by atoms with Gasteiger partial charge in [0, 0.05) is 42.8 Å². The predicted molar refractivity (Wildman–Crippen MR) is 184 cm³/mol.